The van der Waals surface area contributed by atoms with Gasteiger partial charge in [-0.15, -0.1) is 0 Å². The van der Waals surface area contributed by atoms with Crippen molar-refractivity contribution < 1.29 is 9.18 Å². The average Bonchev–Trinajstić information content (AvgIpc) is 3.10. The average molecular weight is 381 g/mol. The van der Waals surface area contributed by atoms with Crippen molar-refractivity contribution in [2.24, 2.45) is 0 Å². The van der Waals surface area contributed by atoms with E-state index in [-0.39, 0.29) is 17.7 Å². The van der Waals surface area contributed by atoms with Crippen molar-refractivity contribution in [1.29, 1.82) is 5.41 Å². The fourth-order valence-electron chi connectivity index (χ4n) is 3.29. The van der Waals surface area contributed by atoms with Gasteiger partial charge < -0.3 is 10.2 Å². The predicted octanol–water partition coefficient (Wildman–Crippen LogP) is 3.80. The van der Waals surface area contributed by atoms with E-state index in [1.54, 1.807) is 46.8 Å². The molecule has 2 heterocycles. The van der Waals surface area contributed by atoms with Crippen molar-refractivity contribution in [3.63, 3.8) is 0 Å². The molecular weight excluding hydrogens is 357 g/mol. The molecule has 0 aliphatic heterocycles. The van der Waals surface area contributed by atoms with Gasteiger partial charge in [-0.25, -0.2) is 9.37 Å². The summed E-state index contributed by atoms with van der Waals surface area (Å²) in [5, 5.41) is 11.7. The minimum atomic E-state index is -0.400. The summed E-state index contributed by atoms with van der Waals surface area (Å²) >= 11 is 0. The SMILES string of the molecule is CCN(C(=O)c1ccc(C(=N)c2cnc3ccc(F)cn23)c(NC)c1)C(C)C. The van der Waals surface area contributed by atoms with Gasteiger partial charge >= 0.3 is 0 Å². The Kier molecular flexibility index (Phi) is 5.44. The van der Waals surface area contributed by atoms with Gasteiger partial charge in [0.1, 0.15) is 11.5 Å². The van der Waals surface area contributed by atoms with Crippen LogP contribution < -0.4 is 5.32 Å². The molecule has 6 nitrogen and oxygen atoms in total. The first-order chi connectivity index (χ1) is 13.4. The lowest BCUT2D eigenvalue weighted by molar-refractivity contribution is 0.0717. The number of imidazole rings is 1. The number of carbonyl (C=O) groups is 1. The van der Waals surface area contributed by atoms with Crippen molar-refractivity contribution in [3.8, 4) is 0 Å². The molecule has 0 unspecified atom stereocenters. The van der Waals surface area contributed by atoms with Gasteiger partial charge in [-0.2, -0.15) is 0 Å². The molecule has 1 amide bonds. The summed E-state index contributed by atoms with van der Waals surface area (Å²) in [5.74, 6) is -0.452. The fraction of sp³-hybridized carbons (Fsp3) is 0.286. The first-order valence-electron chi connectivity index (χ1n) is 9.22. The normalized spacial score (nSPS) is 11.1. The second-order valence-corrected chi connectivity index (χ2v) is 6.79. The van der Waals surface area contributed by atoms with E-state index in [1.807, 2.05) is 20.8 Å². The molecule has 3 rings (SSSR count). The number of hydrogen-bond acceptors (Lipinski definition) is 4. The number of hydrogen-bond donors (Lipinski definition) is 2. The fourth-order valence-corrected chi connectivity index (χ4v) is 3.29. The number of halogens is 1. The van der Waals surface area contributed by atoms with E-state index in [0.717, 1.165) is 0 Å². The molecule has 0 spiro atoms. The van der Waals surface area contributed by atoms with E-state index >= 15 is 0 Å². The van der Waals surface area contributed by atoms with Crippen LogP contribution in [0.1, 0.15) is 42.4 Å². The molecule has 3 aromatic rings. The van der Waals surface area contributed by atoms with Crippen LogP contribution in [-0.2, 0) is 0 Å². The Labute approximate surface area is 163 Å². The van der Waals surface area contributed by atoms with Crippen LogP contribution in [0, 0.1) is 11.2 Å². The molecule has 0 atom stereocenters. The molecule has 1 aromatic carbocycles. The van der Waals surface area contributed by atoms with Gasteiger partial charge in [0.25, 0.3) is 5.91 Å². The van der Waals surface area contributed by atoms with Crippen LogP contribution in [0.2, 0.25) is 0 Å². The van der Waals surface area contributed by atoms with E-state index in [1.165, 1.54) is 12.3 Å². The first kappa shape index (κ1) is 19.5. The lowest BCUT2D eigenvalue weighted by Crippen LogP contribution is -2.36. The lowest BCUT2D eigenvalue weighted by Gasteiger charge is -2.25. The van der Waals surface area contributed by atoms with Gasteiger partial charge in [0.2, 0.25) is 0 Å². The van der Waals surface area contributed by atoms with Gasteiger partial charge in [0.15, 0.2) is 0 Å². The third kappa shape index (κ3) is 3.47. The Hall–Kier alpha value is -3.22. The highest BCUT2D eigenvalue weighted by molar-refractivity contribution is 6.14. The second-order valence-electron chi connectivity index (χ2n) is 6.79. The predicted molar refractivity (Wildman–Crippen MR) is 109 cm³/mol. The Morgan fingerprint density at radius 3 is 2.71 bits per heavy atom. The largest absolute Gasteiger partial charge is 0.388 e. The van der Waals surface area contributed by atoms with Crippen molar-refractivity contribution in [1.82, 2.24) is 14.3 Å². The van der Waals surface area contributed by atoms with Crippen molar-refractivity contribution in [2.75, 3.05) is 18.9 Å². The summed E-state index contributed by atoms with van der Waals surface area (Å²) in [7, 11) is 1.74. The smallest absolute Gasteiger partial charge is 0.254 e. The van der Waals surface area contributed by atoms with Gasteiger partial charge in [0, 0.05) is 42.6 Å². The Balaban J connectivity index is 2.01. The molecule has 0 saturated carbocycles. The molecule has 0 saturated heterocycles. The molecule has 2 aromatic heterocycles. The number of anilines is 1. The van der Waals surface area contributed by atoms with E-state index in [9.17, 15) is 9.18 Å². The lowest BCUT2D eigenvalue weighted by atomic mass is 10.0. The molecule has 146 valence electrons. The van der Waals surface area contributed by atoms with Gasteiger partial charge in [0.05, 0.1) is 17.6 Å². The molecule has 0 radical (unpaired) electrons. The number of carbonyl (C=O) groups excluding carboxylic acids is 1. The standard InChI is InChI=1S/C21H24FN5O/c1-5-26(13(2)3)21(28)14-6-8-16(17(10-14)24-4)20(23)18-11-25-19-9-7-15(22)12-27(18)19/h6-13,23-24H,5H2,1-4H3. The molecule has 0 aliphatic rings. The summed E-state index contributed by atoms with van der Waals surface area (Å²) < 4.78 is 15.2. The highest BCUT2D eigenvalue weighted by Crippen LogP contribution is 2.23. The number of nitrogens with zero attached hydrogens (tertiary/aromatic N) is 3. The number of benzene rings is 1. The third-order valence-electron chi connectivity index (χ3n) is 4.76. The second kappa shape index (κ2) is 7.80. The Morgan fingerprint density at radius 2 is 2.07 bits per heavy atom. The van der Waals surface area contributed by atoms with Gasteiger partial charge in [-0.3, -0.25) is 14.6 Å². The van der Waals surface area contributed by atoms with Crippen molar-refractivity contribution in [3.05, 3.63) is 65.4 Å². The molecule has 0 aliphatic carbocycles. The molecule has 0 bridgehead atoms. The molecule has 0 fully saturated rings. The number of aromatic nitrogens is 2. The summed E-state index contributed by atoms with van der Waals surface area (Å²) in [5.41, 5.74) is 3.05. The van der Waals surface area contributed by atoms with Gasteiger partial charge in [-0.05, 0) is 51.1 Å². The van der Waals surface area contributed by atoms with Crippen LogP contribution in [0.5, 0.6) is 0 Å². The maximum absolute atomic E-state index is 13.6. The minimum Gasteiger partial charge on any atom is -0.388 e. The Morgan fingerprint density at radius 1 is 1.32 bits per heavy atom. The number of nitrogens with one attached hydrogen (secondary N) is 2. The Bertz CT molecular complexity index is 1040. The van der Waals surface area contributed by atoms with E-state index in [0.29, 0.717) is 34.7 Å². The number of rotatable bonds is 6. The molecule has 7 heteroatoms. The van der Waals surface area contributed by atoms with E-state index in [2.05, 4.69) is 10.3 Å². The zero-order chi connectivity index (χ0) is 20.4. The minimum absolute atomic E-state index is 0.0519. The quantitative estimate of drug-likeness (QED) is 0.638. The van der Waals surface area contributed by atoms with Crippen LogP contribution in [-0.4, -0.2) is 45.5 Å². The topological polar surface area (TPSA) is 73.5 Å². The zero-order valence-electron chi connectivity index (χ0n) is 16.5. The number of fused-ring (bicyclic) bond motifs is 1. The molecular formula is C21H24FN5O. The van der Waals surface area contributed by atoms with Crippen molar-refractivity contribution >= 4 is 23.0 Å². The van der Waals surface area contributed by atoms with Crippen LogP contribution in [0.15, 0.2) is 42.7 Å². The molecule has 2 N–H and O–H groups in total. The van der Waals surface area contributed by atoms with Crippen LogP contribution >= 0.6 is 0 Å². The maximum Gasteiger partial charge on any atom is 0.254 e. The summed E-state index contributed by atoms with van der Waals surface area (Å²) in [6, 6.07) is 8.22. The maximum atomic E-state index is 13.6. The molecule has 28 heavy (non-hydrogen) atoms. The number of pyridine rings is 1. The highest BCUT2D eigenvalue weighted by atomic mass is 19.1. The van der Waals surface area contributed by atoms with E-state index in [4.69, 9.17) is 5.41 Å². The monoisotopic (exact) mass is 381 g/mol. The first-order valence-corrected chi connectivity index (χ1v) is 9.22. The van der Waals surface area contributed by atoms with E-state index < -0.39 is 5.82 Å². The van der Waals surface area contributed by atoms with Crippen LogP contribution in [0.25, 0.3) is 5.65 Å². The summed E-state index contributed by atoms with van der Waals surface area (Å²) in [6.45, 7) is 6.53. The zero-order valence-corrected chi connectivity index (χ0v) is 16.5. The number of amides is 1. The van der Waals surface area contributed by atoms with Crippen LogP contribution in [0.3, 0.4) is 0 Å². The summed E-state index contributed by atoms with van der Waals surface area (Å²) in [6.07, 6.45) is 2.86. The summed E-state index contributed by atoms with van der Waals surface area (Å²) in [4.78, 5) is 18.8. The highest BCUT2D eigenvalue weighted by Gasteiger charge is 2.20. The third-order valence-corrected chi connectivity index (χ3v) is 4.76. The van der Waals surface area contributed by atoms with Crippen molar-refractivity contribution in [2.45, 2.75) is 26.8 Å². The van der Waals surface area contributed by atoms with Crippen LogP contribution in [0.4, 0.5) is 10.1 Å². The van der Waals surface area contributed by atoms with Gasteiger partial charge in [-0.1, -0.05) is 0 Å².